The first-order chi connectivity index (χ1) is 13.0. The SMILES string of the molecule is CCOC(=O)C(C/C=C\CBr)(Cc1cc(OC)cc(OC)c1)C(=O)OCC. The quantitative estimate of drug-likeness (QED) is 0.225. The van der Waals surface area contributed by atoms with Crippen LogP contribution in [-0.2, 0) is 25.5 Å². The lowest BCUT2D eigenvalue weighted by Crippen LogP contribution is -2.43. The number of ether oxygens (including phenoxy) is 4. The van der Waals surface area contributed by atoms with E-state index in [1.165, 1.54) is 0 Å². The average molecular weight is 443 g/mol. The van der Waals surface area contributed by atoms with Crippen LogP contribution < -0.4 is 9.47 Å². The summed E-state index contributed by atoms with van der Waals surface area (Å²) >= 11 is 3.31. The number of benzene rings is 1. The highest BCUT2D eigenvalue weighted by Crippen LogP contribution is 2.34. The van der Waals surface area contributed by atoms with Gasteiger partial charge in [-0.15, -0.1) is 0 Å². The lowest BCUT2D eigenvalue weighted by molar-refractivity contribution is -0.171. The van der Waals surface area contributed by atoms with Crippen LogP contribution in [0.1, 0.15) is 25.8 Å². The Morgan fingerprint density at radius 3 is 1.89 bits per heavy atom. The number of carbonyl (C=O) groups excluding carboxylic acids is 2. The van der Waals surface area contributed by atoms with Crippen molar-refractivity contribution in [1.29, 1.82) is 0 Å². The molecule has 0 saturated carbocycles. The first-order valence-corrected chi connectivity index (χ1v) is 9.86. The van der Waals surface area contributed by atoms with E-state index < -0.39 is 17.4 Å². The third-order valence-electron chi connectivity index (χ3n) is 3.97. The molecule has 0 aliphatic carbocycles. The molecule has 0 heterocycles. The summed E-state index contributed by atoms with van der Waals surface area (Å²) in [5, 5.41) is 0.613. The Labute approximate surface area is 168 Å². The van der Waals surface area contributed by atoms with Crippen molar-refractivity contribution in [2.24, 2.45) is 5.41 Å². The number of alkyl halides is 1. The minimum atomic E-state index is -1.48. The second-order valence-electron chi connectivity index (χ2n) is 5.75. The van der Waals surface area contributed by atoms with Crippen molar-refractivity contribution in [3.05, 3.63) is 35.9 Å². The molecule has 0 N–H and O–H groups in total. The lowest BCUT2D eigenvalue weighted by Gasteiger charge is -2.28. The zero-order valence-corrected chi connectivity index (χ0v) is 17.8. The van der Waals surface area contributed by atoms with E-state index >= 15 is 0 Å². The van der Waals surface area contributed by atoms with Crippen LogP contribution in [0, 0.1) is 5.41 Å². The lowest BCUT2D eigenvalue weighted by atomic mass is 9.78. The van der Waals surface area contributed by atoms with E-state index in [0.717, 1.165) is 0 Å². The summed E-state index contributed by atoms with van der Waals surface area (Å²) in [7, 11) is 3.09. The molecule has 1 rings (SSSR count). The van der Waals surface area contributed by atoms with Crippen LogP contribution in [0.2, 0.25) is 0 Å². The summed E-state index contributed by atoms with van der Waals surface area (Å²) in [5.41, 5.74) is -0.776. The van der Waals surface area contributed by atoms with Gasteiger partial charge in [-0.05, 0) is 44.4 Å². The second kappa shape index (κ2) is 11.6. The highest BCUT2D eigenvalue weighted by Gasteiger charge is 2.48. The Bertz CT molecular complexity index is 616. The molecule has 0 aliphatic heterocycles. The standard InChI is InChI=1S/C20H27BrO6/c1-5-26-18(22)20(9-7-8-10-21,19(23)27-6-2)14-15-11-16(24-3)13-17(12-15)25-4/h7-8,11-13H,5-6,9-10,14H2,1-4H3/b8-7-. The van der Waals surface area contributed by atoms with Crippen molar-refractivity contribution < 1.29 is 28.5 Å². The van der Waals surface area contributed by atoms with E-state index in [-0.39, 0.29) is 26.1 Å². The maximum atomic E-state index is 12.9. The molecule has 7 heteroatoms. The van der Waals surface area contributed by atoms with E-state index in [1.54, 1.807) is 52.3 Å². The number of methoxy groups -OCH3 is 2. The van der Waals surface area contributed by atoms with E-state index in [2.05, 4.69) is 15.9 Å². The van der Waals surface area contributed by atoms with Gasteiger partial charge in [-0.25, -0.2) is 0 Å². The normalized spacial score (nSPS) is 11.3. The molecule has 0 amide bonds. The average Bonchev–Trinajstić information content (AvgIpc) is 2.67. The Balaban J connectivity index is 3.42. The fourth-order valence-corrected chi connectivity index (χ4v) is 2.93. The maximum absolute atomic E-state index is 12.9. The molecule has 0 aliphatic rings. The van der Waals surface area contributed by atoms with E-state index in [0.29, 0.717) is 22.4 Å². The van der Waals surface area contributed by atoms with Crippen LogP contribution >= 0.6 is 15.9 Å². The maximum Gasteiger partial charge on any atom is 0.324 e. The van der Waals surface area contributed by atoms with Crippen molar-refractivity contribution in [2.45, 2.75) is 26.7 Å². The summed E-state index contributed by atoms with van der Waals surface area (Å²) in [6, 6.07) is 5.26. The van der Waals surface area contributed by atoms with Crippen LogP contribution in [0.15, 0.2) is 30.4 Å². The fraction of sp³-hybridized carbons (Fsp3) is 0.500. The molecule has 27 heavy (non-hydrogen) atoms. The number of hydrogen-bond donors (Lipinski definition) is 0. The Hall–Kier alpha value is -2.02. The molecule has 1 aromatic rings. The number of hydrogen-bond acceptors (Lipinski definition) is 6. The van der Waals surface area contributed by atoms with Crippen LogP contribution in [0.3, 0.4) is 0 Å². The van der Waals surface area contributed by atoms with Crippen LogP contribution in [0.25, 0.3) is 0 Å². The van der Waals surface area contributed by atoms with Gasteiger partial charge in [-0.1, -0.05) is 28.1 Å². The summed E-state index contributed by atoms with van der Waals surface area (Å²) < 4.78 is 21.1. The third kappa shape index (κ3) is 6.27. The minimum Gasteiger partial charge on any atom is -0.497 e. The zero-order chi connectivity index (χ0) is 20.3. The van der Waals surface area contributed by atoms with Crippen molar-refractivity contribution in [3.8, 4) is 11.5 Å². The number of halogens is 1. The van der Waals surface area contributed by atoms with Crippen molar-refractivity contribution in [1.82, 2.24) is 0 Å². The summed E-state index contributed by atoms with van der Waals surface area (Å²) in [5.74, 6) is -0.0714. The van der Waals surface area contributed by atoms with Gasteiger partial charge in [-0.2, -0.15) is 0 Å². The van der Waals surface area contributed by atoms with Gasteiger partial charge in [-0.3, -0.25) is 9.59 Å². The Kier molecular flexibility index (Phi) is 9.93. The summed E-state index contributed by atoms with van der Waals surface area (Å²) in [4.78, 5) is 25.7. The van der Waals surface area contributed by atoms with E-state index in [1.807, 2.05) is 6.08 Å². The predicted molar refractivity (Wildman–Crippen MR) is 107 cm³/mol. The van der Waals surface area contributed by atoms with Crippen LogP contribution in [0.4, 0.5) is 0 Å². The van der Waals surface area contributed by atoms with Crippen molar-refractivity contribution >= 4 is 27.9 Å². The smallest absolute Gasteiger partial charge is 0.324 e. The number of carbonyl (C=O) groups is 2. The number of allylic oxidation sites excluding steroid dienone is 2. The molecular weight excluding hydrogens is 416 g/mol. The highest BCUT2D eigenvalue weighted by atomic mass is 79.9. The molecule has 0 aromatic heterocycles. The highest BCUT2D eigenvalue weighted by molar-refractivity contribution is 9.09. The van der Waals surface area contributed by atoms with Gasteiger partial charge in [0.2, 0.25) is 0 Å². The third-order valence-corrected chi connectivity index (χ3v) is 4.35. The van der Waals surface area contributed by atoms with Crippen molar-refractivity contribution in [3.63, 3.8) is 0 Å². The molecule has 0 spiro atoms. The van der Waals surface area contributed by atoms with Crippen LogP contribution in [0.5, 0.6) is 11.5 Å². The molecule has 150 valence electrons. The summed E-state index contributed by atoms with van der Waals surface area (Å²) in [6.45, 7) is 3.75. The van der Waals surface area contributed by atoms with E-state index in [4.69, 9.17) is 18.9 Å². The molecular formula is C20H27BrO6. The fourth-order valence-electron chi connectivity index (χ4n) is 2.67. The second-order valence-corrected chi connectivity index (χ2v) is 6.40. The molecule has 1 aromatic carbocycles. The topological polar surface area (TPSA) is 71.1 Å². The molecule has 0 unspecified atom stereocenters. The van der Waals surface area contributed by atoms with E-state index in [9.17, 15) is 9.59 Å². The Morgan fingerprint density at radius 1 is 0.963 bits per heavy atom. The van der Waals surface area contributed by atoms with Crippen LogP contribution in [-0.4, -0.2) is 44.7 Å². The van der Waals surface area contributed by atoms with Gasteiger partial charge in [0, 0.05) is 11.4 Å². The number of esters is 2. The molecule has 0 atom stereocenters. The van der Waals surface area contributed by atoms with Gasteiger partial charge in [0.15, 0.2) is 5.41 Å². The van der Waals surface area contributed by atoms with Crippen molar-refractivity contribution in [2.75, 3.05) is 32.8 Å². The van der Waals surface area contributed by atoms with Gasteiger partial charge >= 0.3 is 11.9 Å². The van der Waals surface area contributed by atoms with Gasteiger partial charge in [0.25, 0.3) is 0 Å². The monoisotopic (exact) mass is 442 g/mol. The summed E-state index contributed by atoms with van der Waals surface area (Å²) in [6.07, 6.45) is 3.88. The molecule has 0 radical (unpaired) electrons. The minimum absolute atomic E-state index is 0.102. The molecule has 0 saturated heterocycles. The predicted octanol–water partition coefficient (Wildman–Crippen LogP) is 3.70. The Morgan fingerprint density at radius 2 is 1.48 bits per heavy atom. The first kappa shape index (κ1) is 23.0. The molecule has 6 nitrogen and oxygen atoms in total. The van der Waals surface area contributed by atoms with Gasteiger partial charge in [0.05, 0.1) is 27.4 Å². The molecule has 0 bridgehead atoms. The number of rotatable bonds is 11. The first-order valence-electron chi connectivity index (χ1n) is 8.74. The zero-order valence-electron chi connectivity index (χ0n) is 16.2. The van der Waals surface area contributed by atoms with Gasteiger partial charge in [0.1, 0.15) is 11.5 Å². The molecule has 0 fully saturated rings. The van der Waals surface area contributed by atoms with Gasteiger partial charge < -0.3 is 18.9 Å². The largest absolute Gasteiger partial charge is 0.497 e.